The Balaban J connectivity index is 1.67. The van der Waals surface area contributed by atoms with Crippen molar-refractivity contribution in [1.29, 1.82) is 0 Å². The van der Waals surface area contributed by atoms with Gasteiger partial charge >= 0.3 is 12.1 Å². The van der Waals surface area contributed by atoms with Gasteiger partial charge in [0.1, 0.15) is 0 Å². The SMILES string of the molecule is CCC(=O)OCC(=O)[C@@]1(OC(=O)OCC(C)CC)CC[C@H]2[C@@H]3CCC4=CC(=O)C=C[C@]4(C)[C@H]3C(O)C[C@@]21C. The molecule has 0 spiro atoms. The van der Waals surface area contributed by atoms with E-state index >= 15 is 0 Å². The van der Waals surface area contributed by atoms with Crippen molar-refractivity contribution in [2.45, 2.75) is 91.3 Å². The maximum atomic E-state index is 13.8. The van der Waals surface area contributed by atoms with Crippen LogP contribution in [0.5, 0.6) is 0 Å². The average molecular weight is 531 g/mol. The highest BCUT2D eigenvalue weighted by Crippen LogP contribution is 2.68. The molecule has 0 aromatic heterocycles. The third-order valence-electron chi connectivity index (χ3n) is 10.2. The molecule has 38 heavy (non-hydrogen) atoms. The van der Waals surface area contributed by atoms with Gasteiger partial charge in [0.2, 0.25) is 5.78 Å². The molecule has 0 amide bonds. The van der Waals surface area contributed by atoms with E-state index in [1.54, 1.807) is 19.1 Å². The highest BCUT2D eigenvalue weighted by molar-refractivity contribution is 6.01. The van der Waals surface area contributed by atoms with Crippen LogP contribution in [-0.2, 0) is 28.6 Å². The van der Waals surface area contributed by atoms with Crippen molar-refractivity contribution in [3.05, 3.63) is 23.8 Å². The van der Waals surface area contributed by atoms with E-state index in [4.69, 9.17) is 14.2 Å². The summed E-state index contributed by atoms with van der Waals surface area (Å²) in [5.41, 5.74) is -1.84. The molecule has 0 aliphatic heterocycles. The van der Waals surface area contributed by atoms with E-state index in [9.17, 15) is 24.3 Å². The lowest BCUT2D eigenvalue weighted by molar-refractivity contribution is -0.186. The van der Waals surface area contributed by atoms with Crippen LogP contribution < -0.4 is 0 Å². The van der Waals surface area contributed by atoms with Crippen molar-refractivity contribution in [2.24, 2.45) is 34.5 Å². The number of rotatable bonds is 8. The Hall–Kier alpha value is -2.48. The fraction of sp³-hybridized carbons (Fsp3) is 0.733. The molecule has 0 radical (unpaired) electrons. The van der Waals surface area contributed by atoms with E-state index in [1.165, 1.54) is 0 Å². The zero-order valence-corrected chi connectivity index (χ0v) is 23.3. The fourth-order valence-electron chi connectivity index (χ4n) is 7.86. The van der Waals surface area contributed by atoms with Gasteiger partial charge < -0.3 is 19.3 Å². The predicted octanol–water partition coefficient (Wildman–Crippen LogP) is 4.73. The third-order valence-corrected chi connectivity index (χ3v) is 10.2. The first-order valence-corrected chi connectivity index (χ1v) is 14.1. The second-order valence-electron chi connectivity index (χ2n) is 12.2. The quantitative estimate of drug-likeness (QED) is 0.448. The van der Waals surface area contributed by atoms with Gasteiger partial charge in [-0.25, -0.2) is 4.79 Å². The Bertz CT molecular complexity index is 1040. The summed E-state index contributed by atoms with van der Waals surface area (Å²) in [5, 5.41) is 11.7. The largest absolute Gasteiger partial charge is 0.509 e. The molecule has 210 valence electrons. The second kappa shape index (κ2) is 10.6. The number of carbonyl (C=O) groups excluding carboxylic acids is 4. The van der Waals surface area contributed by atoms with Gasteiger partial charge in [0, 0.05) is 23.2 Å². The first kappa shape index (κ1) is 28.5. The van der Waals surface area contributed by atoms with Gasteiger partial charge in [-0.2, -0.15) is 0 Å². The van der Waals surface area contributed by atoms with Crippen LogP contribution in [0.2, 0.25) is 0 Å². The molecule has 3 saturated carbocycles. The summed E-state index contributed by atoms with van der Waals surface area (Å²) >= 11 is 0. The Morgan fingerprint density at radius 3 is 2.58 bits per heavy atom. The monoisotopic (exact) mass is 530 g/mol. The summed E-state index contributed by atoms with van der Waals surface area (Å²) < 4.78 is 16.6. The number of esters is 1. The molecule has 4 rings (SSSR count). The molecule has 2 unspecified atom stereocenters. The first-order valence-electron chi connectivity index (χ1n) is 14.1. The Morgan fingerprint density at radius 2 is 1.89 bits per heavy atom. The number of aliphatic hydroxyl groups is 1. The number of ketones is 2. The zero-order valence-electron chi connectivity index (χ0n) is 23.3. The van der Waals surface area contributed by atoms with Crippen LogP contribution in [0.4, 0.5) is 4.79 Å². The van der Waals surface area contributed by atoms with E-state index < -0.39 is 47.0 Å². The molecular formula is C30H42O8. The number of hydrogen-bond donors (Lipinski definition) is 1. The summed E-state index contributed by atoms with van der Waals surface area (Å²) in [5.74, 6) is -0.918. The summed E-state index contributed by atoms with van der Waals surface area (Å²) in [6.45, 7) is 9.31. The normalized spacial score (nSPS) is 38.3. The minimum atomic E-state index is -1.57. The van der Waals surface area contributed by atoms with Crippen molar-refractivity contribution in [3.8, 4) is 0 Å². The van der Waals surface area contributed by atoms with Gasteiger partial charge in [-0.05, 0) is 62.0 Å². The number of carbonyl (C=O) groups is 4. The smallest absolute Gasteiger partial charge is 0.457 e. The van der Waals surface area contributed by atoms with Crippen molar-refractivity contribution < 1.29 is 38.5 Å². The first-order chi connectivity index (χ1) is 17.9. The number of Topliss-reactive ketones (excluding diaryl/α,β-unsaturated/α-hetero) is 1. The third kappa shape index (κ3) is 4.63. The lowest BCUT2D eigenvalue weighted by atomic mass is 9.46. The molecular weight excluding hydrogens is 488 g/mol. The van der Waals surface area contributed by atoms with E-state index in [-0.39, 0.29) is 55.3 Å². The molecule has 0 aromatic rings. The van der Waals surface area contributed by atoms with Crippen LogP contribution in [0, 0.1) is 34.5 Å². The minimum absolute atomic E-state index is 0.00602. The zero-order chi connectivity index (χ0) is 27.9. The molecule has 4 aliphatic rings. The fourth-order valence-corrected chi connectivity index (χ4v) is 7.86. The van der Waals surface area contributed by atoms with Gasteiger partial charge in [-0.15, -0.1) is 0 Å². The van der Waals surface area contributed by atoms with Crippen molar-refractivity contribution >= 4 is 23.7 Å². The number of fused-ring (bicyclic) bond motifs is 5. The van der Waals surface area contributed by atoms with E-state index in [0.29, 0.717) is 6.42 Å². The van der Waals surface area contributed by atoms with Crippen LogP contribution >= 0.6 is 0 Å². The number of allylic oxidation sites excluding steroid dienone is 4. The highest BCUT2D eigenvalue weighted by atomic mass is 16.7. The maximum absolute atomic E-state index is 13.8. The summed E-state index contributed by atoms with van der Waals surface area (Å²) in [7, 11) is 0. The lowest BCUT2D eigenvalue weighted by Gasteiger charge is -2.59. The summed E-state index contributed by atoms with van der Waals surface area (Å²) in [6, 6.07) is 0. The molecule has 0 bridgehead atoms. The molecule has 1 N–H and O–H groups in total. The molecule has 8 nitrogen and oxygen atoms in total. The highest BCUT2D eigenvalue weighted by Gasteiger charge is 2.70. The van der Waals surface area contributed by atoms with Gasteiger partial charge in [-0.3, -0.25) is 14.4 Å². The van der Waals surface area contributed by atoms with Crippen molar-refractivity contribution in [3.63, 3.8) is 0 Å². The Labute approximate surface area is 225 Å². The minimum Gasteiger partial charge on any atom is -0.457 e. The molecule has 0 heterocycles. The summed E-state index contributed by atoms with van der Waals surface area (Å²) in [6.07, 6.45) is 7.17. The van der Waals surface area contributed by atoms with Crippen LogP contribution in [0.1, 0.15) is 79.6 Å². The Kier molecular flexibility index (Phi) is 7.95. The van der Waals surface area contributed by atoms with Gasteiger partial charge in [-0.1, -0.05) is 52.7 Å². The summed E-state index contributed by atoms with van der Waals surface area (Å²) in [4.78, 5) is 50.7. The molecule has 4 aliphatic carbocycles. The van der Waals surface area contributed by atoms with Crippen LogP contribution in [-0.4, -0.2) is 53.7 Å². The number of aliphatic hydroxyl groups excluding tert-OH is 1. The van der Waals surface area contributed by atoms with Crippen LogP contribution in [0.15, 0.2) is 23.8 Å². The van der Waals surface area contributed by atoms with Crippen LogP contribution in [0.25, 0.3) is 0 Å². The number of ether oxygens (including phenoxy) is 3. The van der Waals surface area contributed by atoms with E-state index in [2.05, 4.69) is 6.92 Å². The molecule has 3 fully saturated rings. The molecule has 8 heteroatoms. The van der Waals surface area contributed by atoms with Gasteiger partial charge in [0.25, 0.3) is 0 Å². The predicted molar refractivity (Wildman–Crippen MR) is 139 cm³/mol. The second-order valence-corrected chi connectivity index (χ2v) is 12.2. The maximum Gasteiger partial charge on any atom is 0.509 e. The van der Waals surface area contributed by atoms with E-state index in [1.807, 2.05) is 26.8 Å². The van der Waals surface area contributed by atoms with Crippen LogP contribution in [0.3, 0.4) is 0 Å². The molecule has 0 aromatic carbocycles. The van der Waals surface area contributed by atoms with Gasteiger partial charge in [0.05, 0.1) is 12.7 Å². The lowest BCUT2D eigenvalue weighted by Crippen LogP contribution is -2.63. The van der Waals surface area contributed by atoms with Crippen molar-refractivity contribution in [1.82, 2.24) is 0 Å². The average Bonchev–Trinajstić information content (AvgIpc) is 3.17. The Morgan fingerprint density at radius 1 is 1.16 bits per heavy atom. The molecule has 0 saturated heterocycles. The van der Waals surface area contributed by atoms with E-state index in [0.717, 1.165) is 24.8 Å². The topological polar surface area (TPSA) is 116 Å². The molecule has 8 atom stereocenters. The van der Waals surface area contributed by atoms with Crippen molar-refractivity contribution in [2.75, 3.05) is 13.2 Å². The van der Waals surface area contributed by atoms with Gasteiger partial charge in [0.15, 0.2) is 18.0 Å². The standard InChI is InChI=1S/C30H42O8/c1-6-18(3)16-37-27(35)38-30(24(33)17-36-25(34)7-2)13-11-22-21-9-8-19-14-20(31)10-12-28(19,4)26(21)23(32)15-29(22,30)5/h10,12,14,18,21-23,26,32H,6-9,11,13,15-17H2,1-5H3/t18?,21-,22-,23?,26+,28-,29-,30-/m0/s1. The number of hydrogen-bond acceptors (Lipinski definition) is 8.